The number of rotatable bonds is 8. The van der Waals surface area contributed by atoms with Gasteiger partial charge in [-0.1, -0.05) is 24.3 Å². The minimum atomic E-state index is -0.509. The number of thiophene rings is 1. The van der Waals surface area contributed by atoms with Crippen LogP contribution in [-0.4, -0.2) is 38.7 Å². The molecule has 1 aromatic heterocycles. The van der Waals surface area contributed by atoms with Crippen LogP contribution in [0, 0.1) is 0 Å². The molecule has 2 aromatic rings. The van der Waals surface area contributed by atoms with Gasteiger partial charge in [-0.25, -0.2) is 4.79 Å². The second-order valence-corrected chi connectivity index (χ2v) is 7.84. The number of nitrogens with one attached hydrogen (secondary N) is 3. The van der Waals surface area contributed by atoms with Crippen LogP contribution < -0.4 is 16.0 Å². The van der Waals surface area contributed by atoms with E-state index < -0.39 is 6.03 Å². The molecule has 3 N–H and O–H groups in total. The molecule has 0 spiro atoms. The monoisotopic (exact) mass is 401 g/mol. The Bertz CT molecular complexity index is 792. The highest BCUT2D eigenvalue weighted by atomic mass is 32.1. The summed E-state index contributed by atoms with van der Waals surface area (Å²) in [6, 6.07) is 10.1. The number of carbonyl (C=O) groups is 2. The maximum atomic E-state index is 12.2. The van der Waals surface area contributed by atoms with Gasteiger partial charge in [0.1, 0.15) is 0 Å². The molecule has 0 radical (unpaired) electrons. The first kappa shape index (κ1) is 20.5. The van der Waals surface area contributed by atoms with E-state index >= 15 is 0 Å². The molecule has 28 heavy (non-hydrogen) atoms. The first-order valence-electron chi connectivity index (χ1n) is 9.62. The van der Waals surface area contributed by atoms with E-state index in [1.54, 1.807) is 18.4 Å². The van der Waals surface area contributed by atoms with Crippen molar-refractivity contribution < 1.29 is 14.3 Å². The Kier molecular flexibility index (Phi) is 7.59. The number of methoxy groups -OCH3 is 1. The molecule has 3 rings (SSSR count). The number of carbonyl (C=O) groups excluding carboxylic acids is 2. The van der Waals surface area contributed by atoms with Crippen LogP contribution in [0.25, 0.3) is 0 Å². The van der Waals surface area contributed by atoms with Crippen molar-refractivity contribution in [2.45, 2.75) is 31.7 Å². The number of fused-ring (bicyclic) bond motifs is 1. The third kappa shape index (κ3) is 5.64. The highest BCUT2D eigenvalue weighted by Crippen LogP contribution is 2.30. The van der Waals surface area contributed by atoms with Gasteiger partial charge in [0.05, 0.1) is 19.2 Å². The average Bonchev–Trinajstić information content (AvgIpc) is 3.22. The first-order chi connectivity index (χ1) is 13.7. The van der Waals surface area contributed by atoms with Gasteiger partial charge in [0.2, 0.25) is 5.91 Å². The van der Waals surface area contributed by atoms with Crippen LogP contribution in [-0.2, 0) is 22.4 Å². The molecular formula is C21H27N3O3S. The smallest absolute Gasteiger partial charge is 0.321 e. The summed E-state index contributed by atoms with van der Waals surface area (Å²) >= 11 is 1.66. The van der Waals surface area contributed by atoms with Crippen molar-refractivity contribution in [1.29, 1.82) is 0 Å². The lowest BCUT2D eigenvalue weighted by Gasteiger charge is -2.22. The maximum absolute atomic E-state index is 12.2. The molecule has 7 heteroatoms. The largest absolute Gasteiger partial charge is 0.383 e. The van der Waals surface area contributed by atoms with Crippen LogP contribution in [0.4, 0.5) is 4.79 Å². The topological polar surface area (TPSA) is 79.5 Å². The number of ether oxygens (including phenoxy) is 1. The summed E-state index contributed by atoms with van der Waals surface area (Å²) in [6.07, 6.45) is 4.75. The van der Waals surface area contributed by atoms with Gasteiger partial charge in [-0.15, -0.1) is 11.3 Å². The fourth-order valence-electron chi connectivity index (χ4n) is 3.45. The summed E-state index contributed by atoms with van der Waals surface area (Å²) in [4.78, 5) is 25.0. The summed E-state index contributed by atoms with van der Waals surface area (Å²) in [7, 11) is 1.56. The van der Waals surface area contributed by atoms with E-state index in [4.69, 9.17) is 4.74 Å². The number of aryl methyl sites for hydroxylation is 2. The van der Waals surface area contributed by atoms with E-state index in [0.29, 0.717) is 13.2 Å². The van der Waals surface area contributed by atoms with Crippen molar-refractivity contribution in [3.63, 3.8) is 0 Å². The van der Waals surface area contributed by atoms with Gasteiger partial charge < -0.3 is 10.1 Å². The molecule has 1 aliphatic carbocycles. The number of urea groups is 1. The van der Waals surface area contributed by atoms with Gasteiger partial charge in [-0.3, -0.25) is 15.4 Å². The molecule has 0 unspecified atom stereocenters. The van der Waals surface area contributed by atoms with Gasteiger partial charge in [0.15, 0.2) is 0 Å². The highest BCUT2D eigenvalue weighted by molar-refractivity contribution is 7.10. The van der Waals surface area contributed by atoms with Crippen molar-refractivity contribution in [3.05, 3.63) is 57.3 Å². The van der Waals surface area contributed by atoms with Crippen molar-refractivity contribution in [3.8, 4) is 0 Å². The first-order valence-corrected chi connectivity index (χ1v) is 10.5. The third-order valence-electron chi connectivity index (χ3n) is 4.85. The second kappa shape index (κ2) is 10.4. The Morgan fingerprint density at radius 2 is 2.00 bits per heavy atom. The van der Waals surface area contributed by atoms with E-state index in [1.807, 2.05) is 11.4 Å². The van der Waals surface area contributed by atoms with Gasteiger partial charge in [0, 0.05) is 18.5 Å². The number of hydrogen-bond acceptors (Lipinski definition) is 5. The van der Waals surface area contributed by atoms with Crippen molar-refractivity contribution in [1.82, 2.24) is 16.0 Å². The highest BCUT2D eigenvalue weighted by Gasteiger charge is 2.19. The lowest BCUT2D eigenvalue weighted by molar-refractivity contribution is -0.119. The predicted octanol–water partition coefficient (Wildman–Crippen LogP) is 2.78. The van der Waals surface area contributed by atoms with Crippen molar-refractivity contribution in [2.24, 2.45) is 0 Å². The SMILES string of the molecule is COCCNC(=O)NC(=O)CN[C@H](c1ccc2c(c1)CCCC2)c1cccs1. The van der Waals surface area contributed by atoms with E-state index in [0.717, 1.165) is 23.3 Å². The Balaban J connectivity index is 1.63. The summed E-state index contributed by atoms with van der Waals surface area (Å²) in [6.45, 7) is 0.811. The molecule has 150 valence electrons. The molecule has 0 saturated heterocycles. The standard InChI is InChI=1S/C21H27N3O3S/c1-27-11-10-22-21(26)24-19(25)14-23-20(18-7-4-12-28-18)17-9-8-15-5-2-3-6-16(15)13-17/h4,7-9,12-13,20,23H,2-3,5-6,10-11,14H2,1H3,(H2,22,24,25,26)/t20-/m1/s1. The van der Waals surface area contributed by atoms with Gasteiger partial charge >= 0.3 is 6.03 Å². The predicted molar refractivity (Wildman–Crippen MR) is 111 cm³/mol. The molecule has 1 aliphatic rings. The van der Waals surface area contributed by atoms with E-state index in [-0.39, 0.29) is 18.5 Å². The van der Waals surface area contributed by atoms with Gasteiger partial charge in [-0.05, 0) is 53.8 Å². The molecular weight excluding hydrogens is 374 g/mol. The summed E-state index contributed by atoms with van der Waals surface area (Å²) < 4.78 is 4.87. The van der Waals surface area contributed by atoms with Crippen molar-refractivity contribution >= 4 is 23.3 Å². The van der Waals surface area contributed by atoms with Crippen LogP contribution in [0.5, 0.6) is 0 Å². The third-order valence-corrected chi connectivity index (χ3v) is 5.78. The Hall–Kier alpha value is -2.22. The molecule has 0 fully saturated rings. The van der Waals surface area contributed by atoms with E-state index in [1.165, 1.54) is 24.0 Å². The summed E-state index contributed by atoms with van der Waals surface area (Å²) in [5.41, 5.74) is 4.00. The van der Waals surface area contributed by atoms with Gasteiger partial charge in [-0.2, -0.15) is 0 Å². The summed E-state index contributed by atoms with van der Waals surface area (Å²) in [5, 5.41) is 10.3. The quantitative estimate of drug-likeness (QED) is 0.595. The van der Waals surface area contributed by atoms with Crippen LogP contribution in [0.3, 0.4) is 0 Å². The lowest BCUT2D eigenvalue weighted by atomic mass is 9.89. The fourth-order valence-corrected chi connectivity index (χ4v) is 4.27. The zero-order chi connectivity index (χ0) is 19.8. The summed E-state index contributed by atoms with van der Waals surface area (Å²) in [5.74, 6) is -0.366. The average molecular weight is 402 g/mol. The molecule has 0 aliphatic heterocycles. The van der Waals surface area contributed by atoms with Crippen LogP contribution >= 0.6 is 11.3 Å². The zero-order valence-corrected chi connectivity index (χ0v) is 16.9. The Morgan fingerprint density at radius 3 is 2.75 bits per heavy atom. The Morgan fingerprint density at radius 1 is 1.18 bits per heavy atom. The second-order valence-electron chi connectivity index (χ2n) is 6.86. The molecule has 0 bridgehead atoms. The number of benzene rings is 1. The van der Waals surface area contributed by atoms with E-state index in [2.05, 4.69) is 40.2 Å². The molecule has 6 nitrogen and oxygen atoms in total. The number of imide groups is 1. The van der Waals surface area contributed by atoms with E-state index in [9.17, 15) is 9.59 Å². The molecule has 3 amide bonds. The Labute approximate surface area is 169 Å². The molecule has 1 atom stereocenters. The normalized spacial score (nSPS) is 14.2. The van der Waals surface area contributed by atoms with Gasteiger partial charge in [0.25, 0.3) is 0 Å². The number of amides is 3. The zero-order valence-electron chi connectivity index (χ0n) is 16.1. The molecule has 1 aromatic carbocycles. The minimum Gasteiger partial charge on any atom is -0.383 e. The molecule has 1 heterocycles. The van der Waals surface area contributed by atoms with Crippen LogP contribution in [0.2, 0.25) is 0 Å². The molecule has 0 saturated carbocycles. The lowest BCUT2D eigenvalue weighted by Crippen LogP contribution is -2.44. The minimum absolute atomic E-state index is 0.0529. The maximum Gasteiger partial charge on any atom is 0.321 e. The number of hydrogen-bond donors (Lipinski definition) is 3. The van der Waals surface area contributed by atoms with Crippen LogP contribution in [0.15, 0.2) is 35.7 Å². The van der Waals surface area contributed by atoms with Crippen LogP contribution in [0.1, 0.15) is 40.5 Å². The van der Waals surface area contributed by atoms with Crippen molar-refractivity contribution in [2.75, 3.05) is 26.8 Å². The fraction of sp³-hybridized carbons (Fsp3) is 0.429.